The molecule has 0 atom stereocenters. The van der Waals surface area contributed by atoms with Gasteiger partial charge in [-0.2, -0.15) is 0 Å². The van der Waals surface area contributed by atoms with Crippen molar-refractivity contribution in [2.24, 2.45) is 5.92 Å². The highest BCUT2D eigenvalue weighted by atomic mass is 35.5. The molecule has 0 aromatic heterocycles. The fourth-order valence-electron chi connectivity index (χ4n) is 3.50. The van der Waals surface area contributed by atoms with Crippen LogP contribution in [0.25, 0.3) is 5.57 Å². The van der Waals surface area contributed by atoms with Crippen LogP contribution in [-0.2, 0) is 14.4 Å². The molecule has 30 heavy (non-hydrogen) atoms. The van der Waals surface area contributed by atoms with E-state index < -0.39 is 18.4 Å². The van der Waals surface area contributed by atoms with Crippen molar-refractivity contribution in [2.45, 2.75) is 51.3 Å². The normalized spacial score (nSPS) is 18.3. The third-order valence-corrected chi connectivity index (χ3v) is 5.65. The molecule has 1 fully saturated rings. The molecule has 164 valence electrons. The second-order valence-corrected chi connectivity index (χ2v) is 8.29. The van der Waals surface area contributed by atoms with E-state index in [1.807, 2.05) is 13.8 Å². The lowest BCUT2D eigenvalue weighted by Crippen LogP contribution is -2.29. The average Bonchev–Trinajstić information content (AvgIpc) is 2.71. The fourth-order valence-corrected chi connectivity index (χ4v) is 3.75. The summed E-state index contributed by atoms with van der Waals surface area (Å²) in [4.78, 5) is 35.8. The molecule has 3 N–H and O–H groups in total. The molecule has 1 aromatic carbocycles. The average molecular weight is 437 g/mol. The number of alkyl halides is 1. The minimum Gasteiger partial charge on any atom is -0.497 e. The molecule has 1 saturated carbocycles. The van der Waals surface area contributed by atoms with Gasteiger partial charge in [-0.05, 0) is 63.3 Å². The number of allylic oxidation sites excluding steroid dienone is 1. The molecule has 0 spiro atoms. The Hall–Kier alpha value is -2.54. The van der Waals surface area contributed by atoms with E-state index in [0.717, 1.165) is 31.3 Å². The van der Waals surface area contributed by atoms with Crippen molar-refractivity contribution in [2.75, 3.05) is 19.0 Å². The van der Waals surface area contributed by atoms with Gasteiger partial charge < -0.3 is 20.5 Å². The summed E-state index contributed by atoms with van der Waals surface area (Å²) in [5.41, 5.74) is 2.86. The fraction of sp³-hybridized carbons (Fsp3) is 0.500. The summed E-state index contributed by atoms with van der Waals surface area (Å²) in [7, 11) is 1.55. The summed E-state index contributed by atoms with van der Waals surface area (Å²) < 4.78 is 5.33. The Morgan fingerprint density at radius 1 is 1.17 bits per heavy atom. The Kier molecular flexibility index (Phi) is 8.72. The second-order valence-electron chi connectivity index (χ2n) is 7.68. The van der Waals surface area contributed by atoms with Gasteiger partial charge in [0.25, 0.3) is 0 Å². The minimum atomic E-state index is -1.11. The Balaban J connectivity index is 2.27. The molecule has 2 amide bonds. The zero-order valence-electron chi connectivity index (χ0n) is 17.6. The highest BCUT2D eigenvalue weighted by Crippen LogP contribution is 2.34. The first-order valence-electron chi connectivity index (χ1n) is 9.99. The number of anilines is 1. The maximum Gasteiger partial charge on any atom is 0.322 e. The summed E-state index contributed by atoms with van der Waals surface area (Å²) in [6.07, 6.45) is 3.12. The topological polar surface area (TPSA) is 105 Å². The van der Waals surface area contributed by atoms with E-state index in [2.05, 4.69) is 10.6 Å². The van der Waals surface area contributed by atoms with Crippen molar-refractivity contribution < 1.29 is 24.2 Å². The molecule has 0 saturated heterocycles. The second kappa shape index (κ2) is 11.0. The molecule has 7 nitrogen and oxygen atoms in total. The number of carbonyl (C=O) groups is 3. The lowest BCUT2D eigenvalue weighted by Gasteiger charge is -2.25. The zero-order valence-corrected chi connectivity index (χ0v) is 18.3. The predicted octanol–water partition coefficient (Wildman–Crippen LogP) is 3.82. The van der Waals surface area contributed by atoms with Gasteiger partial charge in [0.2, 0.25) is 11.8 Å². The summed E-state index contributed by atoms with van der Waals surface area (Å²) in [6, 6.07) is 5.29. The van der Waals surface area contributed by atoms with Gasteiger partial charge in [0.05, 0.1) is 13.5 Å². The van der Waals surface area contributed by atoms with E-state index >= 15 is 0 Å². The Morgan fingerprint density at radius 2 is 1.83 bits per heavy atom. The minimum absolute atomic E-state index is 0.0109. The predicted molar refractivity (Wildman–Crippen MR) is 117 cm³/mol. The SMILES string of the molecule is COc1ccc(NC(=O)C2CCC(Cl)CC2)c(C(CC(=O)NCC(=O)O)=C(C)C)c1. The number of rotatable bonds is 8. The highest BCUT2D eigenvalue weighted by Gasteiger charge is 2.26. The van der Waals surface area contributed by atoms with Crippen molar-refractivity contribution in [3.05, 3.63) is 29.3 Å². The van der Waals surface area contributed by atoms with Crippen LogP contribution < -0.4 is 15.4 Å². The molecule has 1 aliphatic carbocycles. The van der Waals surface area contributed by atoms with E-state index in [1.54, 1.807) is 25.3 Å². The number of carbonyl (C=O) groups excluding carboxylic acids is 2. The maximum absolute atomic E-state index is 12.8. The Labute approximate surface area is 181 Å². The van der Waals surface area contributed by atoms with Gasteiger partial charge in [0, 0.05) is 22.5 Å². The van der Waals surface area contributed by atoms with E-state index in [9.17, 15) is 14.4 Å². The van der Waals surface area contributed by atoms with Crippen LogP contribution in [0.15, 0.2) is 23.8 Å². The first-order chi connectivity index (χ1) is 14.2. The quantitative estimate of drug-likeness (QED) is 0.537. The molecular formula is C22H29ClN2O5. The molecule has 0 heterocycles. The van der Waals surface area contributed by atoms with Gasteiger partial charge in [0.1, 0.15) is 12.3 Å². The molecule has 1 aromatic rings. The number of amides is 2. The van der Waals surface area contributed by atoms with Gasteiger partial charge >= 0.3 is 5.97 Å². The number of carboxylic acids is 1. The van der Waals surface area contributed by atoms with Gasteiger partial charge in [-0.1, -0.05) is 5.57 Å². The lowest BCUT2D eigenvalue weighted by molar-refractivity contribution is -0.137. The first-order valence-corrected chi connectivity index (χ1v) is 10.4. The Bertz CT molecular complexity index is 825. The lowest BCUT2D eigenvalue weighted by atomic mass is 9.88. The Morgan fingerprint density at radius 3 is 2.40 bits per heavy atom. The number of methoxy groups -OCH3 is 1. The van der Waals surface area contributed by atoms with E-state index in [4.69, 9.17) is 21.4 Å². The number of hydrogen-bond acceptors (Lipinski definition) is 4. The third-order valence-electron chi connectivity index (χ3n) is 5.21. The molecule has 8 heteroatoms. The molecule has 0 bridgehead atoms. The van der Waals surface area contributed by atoms with Crippen molar-refractivity contribution in [1.29, 1.82) is 0 Å². The van der Waals surface area contributed by atoms with Crippen molar-refractivity contribution in [3.8, 4) is 5.75 Å². The van der Waals surface area contributed by atoms with Crippen molar-refractivity contribution in [1.82, 2.24) is 5.32 Å². The monoisotopic (exact) mass is 436 g/mol. The van der Waals surface area contributed by atoms with Crippen LogP contribution in [0.5, 0.6) is 5.75 Å². The van der Waals surface area contributed by atoms with Gasteiger partial charge in [-0.3, -0.25) is 14.4 Å². The molecule has 2 rings (SSSR count). The number of aliphatic carboxylic acids is 1. The number of hydrogen-bond donors (Lipinski definition) is 3. The van der Waals surface area contributed by atoms with Crippen LogP contribution in [0.2, 0.25) is 0 Å². The van der Waals surface area contributed by atoms with Crippen LogP contribution >= 0.6 is 11.6 Å². The van der Waals surface area contributed by atoms with Crippen LogP contribution in [0, 0.1) is 5.92 Å². The third kappa shape index (κ3) is 6.76. The van der Waals surface area contributed by atoms with E-state index in [-0.39, 0.29) is 23.6 Å². The van der Waals surface area contributed by atoms with Crippen LogP contribution in [0.4, 0.5) is 5.69 Å². The summed E-state index contributed by atoms with van der Waals surface area (Å²) in [5.74, 6) is -1.08. The number of benzene rings is 1. The van der Waals surface area contributed by atoms with Crippen molar-refractivity contribution in [3.63, 3.8) is 0 Å². The summed E-state index contributed by atoms with van der Waals surface area (Å²) in [6.45, 7) is 3.29. The van der Waals surface area contributed by atoms with E-state index in [0.29, 0.717) is 22.6 Å². The van der Waals surface area contributed by atoms with Gasteiger partial charge in [-0.15, -0.1) is 11.6 Å². The largest absolute Gasteiger partial charge is 0.497 e. The smallest absolute Gasteiger partial charge is 0.322 e. The summed E-state index contributed by atoms with van der Waals surface area (Å²) in [5, 5.41) is 14.3. The number of nitrogens with one attached hydrogen (secondary N) is 2. The van der Waals surface area contributed by atoms with Gasteiger partial charge in [-0.25, -0.2) is 0 Å². The number of ether oxygens (including phenoxy) is 1. The zero-order chi connectivity index (χ0) is 22.3. The number of carboxylic acid groups (broad SMARTS) is 1. The first kappa shape index (κ1) is 23.7. The molecule has 0 aliphatic heterocycles. The van der Waals surface area contributed by atoms with Gasteiger partial charge in [0.15, 0.2) is 0 Å². The molecule has 0 radical (unpaired) electrons. The standard InChI is InChI=1S/C22H29ClN2O5/c1-13(2)17(11-20(26)24-12-21(27)28)18-10-16(30-3)8-9-19(18)25-22(29)14-4-6-15(23)7-5-14/h8-10,14-15H,4-7,11-12H2,1-3H3,(H,24,26)(H,25,29)(H,27,28). The van der Waals surface area contributed by atoms with Crippen molar-refractivity contribution >= 4 is 40.6 Å². The van der Waals surface area contributed by atoms with Crippen LogP contribution in [0.1, 0.15) is 51.5 Å². The maximum atomic E-state index is 12.8. The highest BCUT2D eigenvalue weighted by molar-refractivity contribution is 6.20. The molecular weight excluding hydrogens is 408 g/mol. The van der Waals surface area contributed by atoms with E-state index in [1.165, 1.54) is 0 Å². The number of halogens is 1. The molecule has 1 aliphatic rings. The molecule has 0 unspecified atom stereocenters. The van der Waals surface area contributed by atoms with Crippen LogP contribution in [-0.4, -0.2) is 41.9 Å². The summed E-state index contributed by atoms with van der Waals surface area (Å²) >= 11 is 6.15. The van der Waals surface area contributed by atoms with Crippen LogP contribution in [0.3, 0.4) is 0 Å².